The van der Waals surface area contributed by atoms with Crippen LogP contribution in [0, 0.1) is 17.3 Å². The lowest BCUT2D eigenvalue weighted by molar-refractivity contribution is -0.0992. The molecule has 4 N–H and O–H groups in total. The van der Waals surface area contributed by atoms with Crippen molar-refractivity contribution in [1.82, 2.24) is 0 Å². The summed E-state index contributed by atoms with van der Waals surface area (Å²) in [5.74, 6) is -0.188. The molecule has 0 aromatic rings. The normalized spacial score (nSPS) is 31.7. The molecular weight excluding hydrogens is 184 g/mol. The van der Waals surface area contributed by atoms with Gasteiger partial charge in [0, 0.05) is 18.6 Å². The summed E-state index contributed by atoms with van der Waals surface area (Å²) >= 11 is 0. The molecule has 0 radical (unpaired) electrons. The van der Waals surface area contributed by atoms with Crippen molar-refractivity contribution in [2.75, 3.05) is 26.4 Å². The molecule has 4 heteroatoms. The Hall–Kier alpha value is -0.160. The van der Waals surface area contributed by atoms with Crippen LogP contribution in [0.5, 0.6) is 0 Å². The summed E-state index contributed by atoms with van der Waals surface area (Å²) < 4.78 is 0. The van der Waals surface area contributed by atoms with Crippen LogP contribution in [0.3, 0.4) is 0 Å². The molecule has 1 aliphatic rings. The van der Waals surface area contributed by atoms with Gasteiger partial charge in [-0.05, 0) is 24.7 Å². The molecule has 1 saturated carbocycles. The molecule has 14 heavy (non-hydrogen) atoms. The molecule has 2 unspecified atom stereocenters. The highest BCUT2D eigenvalue weighted by Crippen LogP contribution is 2.44. The van der Waals surface area contributed by atoms with E-state index in [0.29, 0.717) is 0 Å². The fourth-order valence-electron chi connectivity index (χ4n) is 2.63. The lowest BCUT2D eigenvalue weighted by Gasteiger charge is -2.46. The van der Waals surface area contributed by atoms with E-state index >= 15 is 0 Å². The second-order valence-corrected chi connectivity index (χ2v) is 4.24. The van der Waals surface area contributed by atoms with Crippen molar-refractivity contribution < 1.29 is 20.4 Å². The van der Waals surface area contributed by atoms with Gasteiger partial charge in [-0.15, -0.1) is 0 Å². The van der Waals surface area contributed by atoms with Gasteiger partial charge in [0.05, 0.1) is 13.2 Å². The van der Waals surface area contributed by atoms with Crippen LogP contribution in [-0.4, -0.2) is 46.9 Å². The molecule has 0 aliphatic heterocycles. The first-order valence-electron chi connectivity index (χ1n) is 5.18. The van der Waals surface area contributed by atoms with Crippen molar-refractivity contribution in [3.63, 3.8) is 0 Å². The first-order valence-corrected chi connectivity index (χ1v) is 5.18. The van der Waals surface area contributed by atoms with Gasteiger partial charge in [-0.3, -0.25) is 0 Å². The molecule has 0 saturated heterocycles. The zero-order chi connectivity index (χ0) is 10.6. The SMILES string of the molecule is OCC1CCCC(CO)C1(CO)CO. The van der Waals surface area contributed by atoms with E-state index in [1.165, 1.54) is 0 Å². The Kier molecular flexibility index (Phi) is 4.31. The van der Waals surface area contributed by atoms with Crippen LogP contribution in [0.2, 0.25) is 0 Å². The molecule has 0 amide bonds. The second-order valence-electron chi connectivity index (χ2n) is 4.24. The summed E-state index contributed by atoms with van der Waals surface area (Å²) in [6.07, 6.45) is 2.57. The number of aliphatic hydroxyl groups excluding tert-OH is 4. The van der Waals surface area contributed by atoms with Crippen LogP contribution in [0.25, 0.3) is 0 Å². The zero-order valence-electron chi connectivity index (χ0n) is 8.39. The lowest BCUT2D eigenvalue weighted by Crippen LogP contribution is -2.49. The molecule has 1 fully saturated rings. The van der Waals surface area contributed by atoms with Crippen LogP contribution in [0.15, 0.2) is 0 Å². The molecule has 0 bridgehead atoms. The third-order valence-electron chi connectivity index (χ3n) is 3.76. The highest BCUT2D eigenvalue weighted by atomic mass is 16.3. The van der Waals surface area contributed by atoms with E-state index in [4.69, 9.17) is 0 Å². The maximum Gasteiger partial charge on any atom is 0.0516 e. The highest BCUT2D eigenvalue weighted by molar-refractivity contribution is 4.94. The van der Waals surface area contributed by atoms with Crippen molar-refractivity contribution in [1.29, 1.82) is 0 Å². The third kappa shape index (κ3) is 1.80. The summed E-state index contributed by atoms with van der Waals surface area (Å²) in [6.45, 7) is -0.394. The molecule has 4 nitrogen and oxygen atoms in total. The van der Waals surface area contributed by atoms with Crippen molar-refractivity contribution in [3.8, 4) is 0 Å². The van der Waals surface area contributed by atoms with Crippen molar-refractivity contribution in [2.45, 2.75) is 19.3 Å². The Balaban J connectivity index is 2.86. The van der Waals surface area contributed by atoms with Crippen molar-refractivity contribution >= 4 is 0 Å². The maximum atomic E-state index is 9.36. The topological polar surface area (TPSA) is 80.9 Å². The highest BCUT2D eigenvalue weighted by Gasteiger charge is 2.46. The number of hydrogen-bond donors (Lipinski definition) is 4. The van der Waals surface area contributed by atoms with Gasteiger partial charge in [-0.25, -0.2) is 0 Å². The zero-order valence-corrected chi connectivity index (χ0v) is 8.39. The minimum atomic E-state index is -0.693. The number of rotatable bonds is 4. The Morgan fingerprint density at radius 3 is 1.57 bits per heavy atom. The Bertz CT molecular complexity index is 154. The van der Waals surface area contributed by atoms with E-state index in [1.54, 1.807) is 0 Å². The molecule has 0 aromatic heterocycles. The number of aliphatic hydroxyl groups is 4. The predicted octanol–water partition coefficient (Wildman–Crippen LogP) is -0.642. The Labute approximate surface area is 84.2 Å². The summed E-state index contributed by atoms with van der Waals surface area (Å²) in [7, 11) is 0. The van der Waals surface area contributed by atoms with Crippen LogP contribution in [0.4, 0.5) is 0 Å². The van der Waals surface area contributed by atoms with Crippen molar-refractivity contribution in [2.24, 2.45) is 17.3 Å². The van der Waals surface area contributed by atoms with E-state index < -0.39 is 5.41 Å². The van der Waals surface area contributed by atoms with Gasteiger partial charge in [-0.2, -0.15) is 0 Å². The molecule has 1 aliphatic carbocycles. The van der Waals surface area contributed by atoms with E-state index in [0.717, 1.165) is 19.3 Å². The molecule has 84 valence electrons. The predicted molar refractivity (Wildman–Crippen MR) is 51.6 cm³/mol. The van der Waals surface area contributed by atoms with Crippen LogP contribution in [0.1, 0.15) is 19.3 Å². The summed E-state index contributed by atoms with van der Waals surface area (Å²) in [5.41, 5.74) is -0.693. The smallest absolute Gasteiger partial charge is 0.0516 e. The minimum Gasteiger partial charge on any atom is -0.396 e. The Morgan fingerprint density at radius 1 is 0.857 bits per heavy atom. The standard InChI is InChI=1S/C10H20O4/c11-4-8-2-1-3-9(5-12)10(8,6-13)7-14/h8-9,11-14H,1-7H2. The average molecular weight is 204 g/mol. The minimum absolute atomic E-state index is 0.0301. The van der Waals surface area contributed by atoms with E-state index in [-0.39, 0.29) is 38.3 Å². The van der Waals surface area contributed by atoms with Crippen LogP contribution >= 0.6 is 0 Å². The fraction of sp³-hybridized carbons (Fsp3) is 1.00. The van der Waals surface area contributed by atoms with E-state index in [1.807, 2.05) is 0 Å². The summed E-state index contributed by atoms with van der Waals surface area (Å²) in [4.78, 5) is 0. The van der Waals surface area contributed by atoms with E-state index in [2.05, 4.69) is 0 Å². The monoisotopic (exact) mass is 204 g/mol. The average Bonchev–Trinajstić information content (AvgIpc) is 2.27. The fourth-order valence-corrected chi connectivity index (χ4v) is 2.63. The third-order valence-corrected chi connectivity index (χ3v) is 3.76. The van der Waals surface area contributed by atoms with Crippen LogP contribution in [-0.2, 0) is 0 Å². The Morgan fingerprint density at radius 2 is 1.29 bits per heavy atom. The van der Waals surface area contributed by atoms with Crippen molar-refractivity contribution in [3.05, 3.63) is 0 Å². The first-order chi connectivity index (χ1) is 6.75. The van der Waals surface area contributed by atoms with E-state index in [9.17, 15) is 20.4 Å². The van der Waals surface area contributed by atoms with Gasteiger partial charge < -0.3 is 20.4 Å². The second kappa shape index (κ2) is 5.07. The maximum absolute atomic E-state index is 9.36. The van der Waals surface area contributed by atoms with Gasteiger partial charge in [0.25, 0.3) is 0 Å². The molecule has 1 rings (SSSR count). The van der Waals surface area contributed by atoms with Gasteiger partial charge in [-0.1, -0.05) is 6.42 Å². The summed E-state index contributed by atoms with van der Waals surface area (Å²) in [5, 5.41) is 37.1. The molecule has 2 atom stereocenters. The van der Waals surface area contributed by atoms with Gasteiger partial charge in [0.1, 0.15) is 0 Å². The molecular formula is C10H20O4. The quantitative estimate of drug-likeness (QED) is 0.491. The van der Waals surface area contributed by atoms with Gasteiger partial charge >= 0.3 is 0 Å². The lowest BCUT2D eigenvalue weighted by atomic mass is 9.61. The number of hydrogen-bond acceptors (Lipinski definition) is 4. The van der Waals surface area contributed by atoms with Crippen LogP contribution < -0.4 is 0 Å². The molecule has 0 heterocycles. The largest absolute Gasteiger partial charge is 0.396 e. The van der Waals surface area contributed by atoms with Gasteiger partial charge in [0.2, 0.25) is 0 Å². The van der Waals surface area contributed by atoms with Gasteiger partial charge in [0.15, 0.2) is 0 Å². The molecule has 0 aromatic carbocycles. The first kappa shape index (κ1) is 11.9. The molecule has 0 spiro atoms. The summed E-state index contributed by atoms with van der Waals surface area (Å²) in [6, 6.07) is 0.